The molecule has 0 fully saturated rings. The number of hydrogen-bond donors (Lipinski definition) is 3. The van der Waals surface area contributed by atoms with Crippen LogP contribution >= 0.6 is 0 Å². The summed E-state index contributed by atoms with van der Waals surface area (Å²) >= 11 is 0. The fourth-order valence-electron chi connectivity index (χ4n) is 3.79. The van der Waals surface area contributed by atoms with Crippen molar-refractivity contribution in [2.75, 3.05) is 0 Å². The number of aromatic nitrogens is 1. The van der Waals surface area contributed by atoms with Crippen LogP contribution in [-0.2, 0) is 22.6 Å². The molecule has 0 aliphatic rings. The Balaban J connectivity index is 1.48. The largest absolute Gasteiger partial charge is 0.445 e. The maximum Gasteiger partial charge on any atom is 0.408 e. The molecule has 4 rings (SSSR count). The summed E-state index contributed by atoms with van der Waals surface area (Å²) in [6.07, 6.45) is 1.43. The molecule has 0 saturated carbocycles. The van der Waals surface area contributed by atoms with E-state index in [1.807, 2.05) is 67.7 Å². The Hall–Kier alpha value is -4.13. The molecule has 0 radical (unpaired) electrons. The lowest BCUT2D eigenvalue weighted by atomic mass is 10.0. The van der Waals surface area contributed by atoms with Gasteiger partial charge in [0.1, 0.15) is 18.5 Å². The highest BCUT2D eigenvalue weighted by molar-refractivity contribution is 5.88. The van der Waals surface area contributed by atoms with E-state index in [1.54, 1.807) is 12.1 Å². The zero-order chi connectivity index (χ0) is 23.9. The predicted molar refractivity (Wildman–Crippen MR) is 129 cm³/mol. The monoisotopic (exact) mass is 459 g/mol. The second-order valence-corrected chi connectivity index (χ2v) is 8.10. The van der Waals surface area contributed by atoms with E-state index in [1.165, 1.54) is 12.1 Å². The number of para-hydroxylation sites is 1. The molecule has 0 bridgehead atoms. The van der Waals surface area contributed by atoms with Crippen LogP contribution < -0.4 is 10.6 Å². The number of hydrogen-bond acceptors (Lipinski definition) is 3. The van der Waals surface area contributed by atoms with Crippen LogP contribution in [-0.4, -0.2) is 23.0 Å². The normalized spacial score (nSPS) is 12.6. The molecular formula is C27H26FN3O3. The number of fused-ring (bicyclic) bond motifs is 1. The van der Waals surface area contributed by atoms with Crippen molar-refractivity contribution >= 4 is 22.9 Å². The molecule has 4 aromatic rings. The van der Waals surface area contributed by atoms with Crippen LogP contribution in [0.2, 0.25) is 0 Å². The van der Waals surface area contributed by atoms with Crippen LogP contribution in [0.5, 0.6) is 0 Å². The quantitative estimate of drug-likeness (QED) is 0.346. The van der Waals surface area contributed by atoms with Gasteiger partial charge >= 0.3 is 6.09 Å². The molecule has 0 spiro atoms. The number of rotatable bonds is 8. The van der Waals surface area contributed by atoms with E-state index in [0.717, 1.165) is 27.6 Å². The summed E-state index contributed by atoms with van der Waals surface area (Å²) in [5, 5.41) is 6.60. The Bertz CT molecular complexity index is 1260. The first-order valence-corrected chi connectivity index (χ1v) is 11.1. The first-order chi connectivity index (χ1) is 16.5. The fraction of sp³-hybridized carbons (Fsp3) is 0.185. The molecule has 0 aliphatic heterocycles. The van der Waals surface area contributed by atoms with E-state index >= 15 is 0 Å². The van der Waals surface area contributed by atoms with Gasteiger partial charge in [-0.2, -0.15) is 0 Å². The van der Waals surface area contributed by atoms with E-state index in [9.17, 15) is 14.0 Å². The van der Waals surface area contributed by atoms with E-state index in [-0.39, 0.29) is 30.8 Å². The molecule has 34 heavy (non-hydrogen) atoms. The summed E-state index contributed by atoms with van der Waals surface area (Å²) in [4.78, 5) is 28.9. The van der Waals surface area contributed by atoms with Crippen molar-refractivity contribution in [1.29, 1.82) is 0 Å². The van der Waals surface area contributed by atoms with E-state index in [2.05, 4.69) is 15.6 Å². The Kier molecular flexibility index (Phi) is 7.22. The molecule has 1 aromatic heterocycles. The van der Waals surface area contributed by atoms with Crippen molar-refractivity contribution in [3.8, 4) is 0 Å². The maximum absolute atomic E-state index is 13.3. The number of ether oxygens (including phenoxy) is 1. The molecule has 2 atom stereocenters. The van der Waals surface area contributed by atoms with Gasteiger partial charge in [0.2, 0.25) is 5.91 Å². The van der Waals surface area contributed by atoms with E-state index < -0.39 is 12.1 Å². The van der Waals surface area contributed by atoms with Crippen molar-refractivity contribution < 1.29 is 18.7 Å². The lowest BCUT2D eigenvalue weighted by molar-refractivity contribution is -0.123. The van der Waals surface area contributed by atoms with Crippen LogP contribution in [0.1, 0.15) is 29.7 Å². The lowest BCUT2D eigenvalue weighted by Gasteiger charge is -2.21. The molecule has 7 heteroatoms. The van der Waals surface area contributed by atoms with Crippen LogP contribution in [0.25, 0.3) is 10.9 Å². The highest BCUT2D eigenvalue weighted by atomic mass is 19.1. The number of aromatic amines is 1. The van der Waals surface area contributed by atoms with Gasteiger partial charge in [0.25, 0.3) is 0 Å². The number of amides is 2. The summed E-state index contributed by atoms with van der Waals surface area (Å²) in [6.45, 7) is 1.90. The van der Waals surface area contributed by atoms with Gasteiger partial charge in [-0.1, -0.05) is 60.7 Å². The van der Waals surface area contributed by atoms with Crippen molar-refractivity contribution in [2.24, 2.45) is 0 Å². The first-order valence-electron chi connectivity index (χ1n) is 11.1. The first kappa shape index (κ1) is 23.0. The van der Waals surface area contributed by atoms with Crippen molar-refractivity contribution in [3.05, 3.63) is 108 Å². The Morgan fingerprint density at radius 3 is 2.41 bits per heavy atom. The summed E-state index contributed by atoms with van der Waals surface area (Å²) in [5.74, 6) is -0.707. The third-order valence-electron chi connectivity index (χ3n) is 5.65. The number of H-pyrrole nitrogens is 1. The number of halogens is 1. The summed E-state index contributed by atoms with van der Waals surface area (Å²) in [7, 11) is 0. The molecule has 1 heterocycles. The second-order valence-electron chi connectivity index (χ2n) is 8.10. The smallest absolute Gasteiger partial charge is 0.408 e. The Labute approximate surface area is 197 Å². The highest BCUT2D eigenvalue weighted by Gasteiger charge is 2.25. The van der Waals surface area contributed by atoms with Gasteiger partial charge < -0.3 is 20.4 Å². The third kappa shape index (κ3) is 5.81. The van der Waals surface area contributed by atoms with Crippen molar-refractivity contribution in [1.82, 2.24) is 15.6 Å². The van der Waals surface area contributed by atoms with E-state index in [0.29, 0.717) is 0 Å². The van der Waals surface area contributed by atoms with Gasteiger partial charge in [0.05, 0.1) is 6.04 Å². The summed E-state index contributed by atoms with van der Waals surface area (Å²) in [5.41, 5.74) is 3.45. The molecule has 6 nitrogen and oxygen atoms in total. The van der Waals surface area contributed by atoms with Crippen molar-refractivity contribution in [3.63, 3.8) is 0 Å². The topological polar surface area (TPSA) is 83.2 Å². The number of carbonyl (C=O) groups excluding carboxylic acids is 2. The average Bonchev–Trinajstić information content (AvgIpc) is 3.26. The van der Waals surface area contributed by atoms with Gasteiger partial charge in [0, 0.05) is 23.5 Å². The van der Waals surface area contributed by atoms with Gasteiger partial charge in [-0.25, -0.2) is 9.18 Å². The predicted octanol–water partition coefficient (Wildman–Crippen LogP) is 5.02. The SMILES string of the molecule is CC(NC(=O)[C@H](Cc1c[nH]c2ccccc12)NC(=O)OCc1ccccc1)c1ccc(F)cc1. The summed E-state index contributed by atoms with van der Waals surface area (Å²) < 4.78 is 18.6. The van der Waals surface area contributed by atoms with Crippen LogP contribution in [0, 0.1) is 5.82 Å². The van der Waals surface area contributed by atoms with Crippen LogP contribution in [0.15, 0.2) is 85.1 Å². The Morgan fingerprint density at radius 1 is 0.941 bits per heavy atom. The van der Waals surface area contributed by atoms with Crippen LogP contribution in [0.3, 0.4) is 0 Å². The average molecular weight is 460 g/mol. The maximum atomic E-state index is 13.3. The number of nitrogens with one attached hydrogen (secondary N) is 3. The zero-order valence-corrected chi connectivity index (χ0v) is 18.8. The standard InChI is InChI=1S/C27H26FN3O3/c1-18(20-11-13-22(28)14-12-20)30-26(32)25(15-21-16-29-24-10-6-5-9-23(21)24)31-27(33)34-17-19-7-3-2-4-8-19/h2-14,16,18,25,29H,15,17H2,1H3,(H,30,32)(H,31,33)/t18?,25-/m0/s1. The minimum atomic E-state index is -0.870. The minimum absolute atomic E-state index is 0.0973. The van der Waals surface area contributed by atoms with Gasteiger partial charge in [-0.15, -0.1) is 0 Å². The minimum Gasteiger partial charge on any atom is -0.445 e. The second kappa shape index (κ2) is 10.7. The zero-order valence-electron chi connectivity index (χ0n) is 18.8. The fourth-order valence-corrected chi connectivity index (χ4v) is 3.79. The van der Waals surface area contributed by atoms with Gasteiger partial charge in [-0.05, 0) is 41.8 Å². The summed E-state index contributed by atoms with van der Waals surface area (Å²) in [6, 6.07) is 21.8. The van der Waals surface area contributed by atoms with Gasteiger partial charge in [0.15, 0.2) is 0 Å². The number of alkyl carbamates (subject to hydrolysis) is 1. The van der Waals surface area contributed by atoms with Gasteiger partial charge in [-0.3, -0.25) is 4.79 Å². The van der Waals surface area contributed by atoms with Crippen molar-refractivity contribution in [2.45, 2.75) is 32.0 Å². The van der Waals surface area contributed by atoms with E-state index in [4.69, 9.17) is 4.74 Å². The number of benzene rings is 3. The molecular weight excluding hydrogens is 433 g/mol. The molecule has 0 saturated heterocycles. The molecule has 174 valence electrons. The Morgan fingerprint density at radius 2 is 1.65 bits per heavy atom. The molecule has 0 aliphatic carbocycles. The number of carbonyl (C=O) groups is 2. The molecule has 3 aromatic carbocycles. The van der Waals surface area contributed by atoms with Crippen LogP contribution in [0.4, 0.5) is 9.18 Å². The molecule has 2 amide bonds. The lowest BCUT2D eigenvalue weighted by Crippen LogP contribution is -2.48. The highest BCUT2D eigenvalue weighted by Crippen LogP contribution is 2.20. The molecule has 1 unspecified atom stereocenters. The third-order valence-corrected chi connectivity index (χ3v) is 5.65. The molecule has 3 N–H and O–H groups in total.